The van der Waals surface area contributed by atoms with Crippen LogP contribution in [-0.2, 0) is 4.79 Å². The minimum absolute atomic E-state index is 0.00835. The van der Waals surface area contributed by atoms with Crippen molar-refractivity contribution in [2.75, 3.05) is 18.0 Å². The zero-order valence-electron chi connectivity index (χ0n) is 11.0. The molecule has 1 aromatic rings. The van der Waals surface area contributed by atoms with E-state index in [0.29, 0.717) is 18.0 Å². The van der Waals surface area contributed by atoms with Gasteiger partial charge in [0, 0.05) is 20.0 Å². The average Bonchev–Trinajstić information content (AvgIpc) is 2.64. The number of piperazine rings is 1. The van der Waals surface area contributed by atoms with Gasteiger partial charge in [-0.05, 0) is 20.8 Å². The molecule has 0 unspecified atom stereocenters. The van der Waals surface area contributed by atoms with Crippen molar-refractivity contribution in [1.82, 2.24) is 10.3 Å². The molecule has 0 atom stereocenters. The molecule has 0 saturated carbocycles. The molecule has 0 bridgehead atoms. The number of anilines is 1. The van der Waals surface area contributed by atoms with Crippen molar-refractivity contribution in [3.63, 3.8) is 0 Å². The molecule has 0 aromatic carbocycles. The Morgan fingerprint density at radius 2 is 2.17 bits per heavy atom. The van der Waals surface area contributed by atoms with Crippen LogP contribution in [0, 0.1) is 6.92 Å². The lowest BCUT2D eigenvalue weighted by molar-refractivity contribution is -0.126. The number of nitrogens with one attached hydrogen (secondary N) is 1. The van der Waals surface area contributed by atoms with E-state index in [9.17, 15) is 9.59 Å². The normalized spacial score (nSPS) is 18.7. The van der Waals surface area contributed by atoms with Crippen molar-refractivity contribution in [2.24, 2.45) is 0 Å². The molecule has 1 amide bonds. The number of Topliss-reactive ketones (excluding diaryl/α,β-unsaturated/α-hetero) is 1. The molecule has 0 spiro atoms. The monoisotopic (exact) mass is 267 g/mol. The van der Waals surface area contributed by atoms with Gasteiger partial charge >= 0.3 is 0 Å². The first kappa shape index (κ1) is 13.0. The fraction of sp³-hybridized carbons (Fsp3) is 0.583. The maximum absolute atomic E-state index is 11.9. The molecule has 6 heteroatoms. The van der Waals surface area contributed by atoms with Crippen LogP contribution in [0.4, 0.5) is 5.13 Å². The third-order valence-corrected chi connectivity index (χ3v) is 4.47. The molecule has 1 fully saturated rings. The second kappa shape index (κ2) is 4.35. The fourth-order valence-electron chi connectivity index (χ4n) is 2.06. The van der Waals surface area contributed by atoms with Crippen LogP contribution in [0.5, 0.6) is 0 Å². The highest BCUT2D eigenvalue weighted by Crippen LogP contribution is 2.32. The summed E-state index contributed by atoms with van der Waals surface area (Å²) in [6.45, 7) is 8.42. The quantitative estimate of drug-likeness (QED) is 0.822. The van der Waals surface area contributed by atoms with Crippen molar-refractivity contribution in [1.29, 1.82) is 0 Å². The maximum atomic E-state index is 11.9. The summed E-state index contributed by atoms with van der Waals surface area (Å²) in [7, 11) is 0. The minimum Gasteiger partial charge on any atom is -0.352 e. The van der Waals surface area contributed by atoms with Gasteiger partial charge in [0.1, 0.15) is 5.54 Å². The summed E-state index contributed by atoms with van der Waals surface area (Å²) in [6, 6.07) is 0. The number of thiazole rings is 1. The highest BCUT2D eigenvalue weighted by Gasteiger charge is 2.39. The number of aromatic nitrogens is 1. The summed E-state index contributed by atoms with van der Waals surface area (Å²) in [5, 5.41) is 3.59. The van der Waals surface area contributed by atoms with Crippen LogP contribution in [0.2, 0.25) is 0 Å². The average molecular weight is 267 g/mol. The number of carbonyl (C=O) groups excluding carboxylic acids is 2. The maximum Gasteiger partial charge on any atom is 0.245 e. The molecule has 2 heterocycles. The first-order chi connectivity index (χ1) is 8.34. The van der Waals surface area contributed by atoms with E-state index >= 15 is 0 Å². The van der Waals surface area contributed by atoms with Gasteiger partial charge in [-0.3, -0.25) is 9.59 Å². The van der Waals surface area contributed by atoms with Gasteiger partial charge in [0.2, 0.25) is 5.91 Å². The van der Waals surface area contributed by atoms with E-state index in [-0.39, 0.29) is 11.7 Å². The predicted molar refractivity (Wildman–Crippen MR) is 71.3 cm³/mol. The summed E-state index contributed by atoms with van der Waals surface area (Å²) >= 11 is 1.36. The molecule has 98 valence electrons. The van der Waals surface area contributed by atoms with Crippen molar-refractivity contribution in [3.05, 3.63) is 10.6 Å². The first-order valence-electron chi connectivity index (χ1n) is 5.88. The summed E-state index contributed by atoms with van der Waals surface area (Å²) in [4.78, 5) is 30.4. The Hall–Kier alpha value is -1.43. The third-order valence-electron chi connectivity index (χ3n) is 3.19. The van der Waals surface area contributed by atoms with Crippen LogP contribution in [0.25, 0.3) is 0 Å². The molecule has 0 radical (unpaired) electrons. The second-order valence-corrected chi connectivity index (χ2v) is 5.91. The van der Waals surface area contributed by atoms with Gasteiger partial charge in [-0.1, -0.05) is 11.3 Å². The van der Waals surface area contributed by atoms with E-state index in [4.69, 9.17) is 0 Å². The lowest BCUT2D eigenvalue weighted by Gasteiger charge is -2.41. The SMILES string of the molecule is CC(=O)c1sc(N2CCNC(=O)C2(C)C)nc1C. The van der Waals surface area contributed by atoms with Crippen molar-refractivity contribution < 1.29 is 9.59 Å². The second-order valence-electron chi connectivity index (χ2n) is 4.93. The van der Waals surface area contributed by atoms with Crippen molar-refractivity contribution >= 4 is 28.2 Å². The largest absolute Gasteiger partial charge is 0.352 e. The van der Waals surface area contributed by atoms with Crippen molar-refractivity contribution in [3.8, 4) is 0 Å². The first-order valence-corrected chi connectivity index (χ1v) is 6.70. The summed E-state index contributed by atoms with van der Waals surface area (Å²) in [6.07, 6.45) is 0. The topological polar surface area (TPSA) is 62.3 Å². The molecule has 1 aliphatic rings. The van der Waals surface area contributed by atoms with E-state index in [1.165, 1.54) is 11.3 Å². The van der Waals surface area contributed by atoms with Crippen LogP contribution in [0.15, 0.2) is 0 Å². The van der Waals surface area contributed by atoms with Gasteiger partial charge in [-0.15, -0.1) is 0 Å². The van der Waals surface area contributed by atoms with E-state index in [1.54, 1.807) is 6.92 Å². The van der Waals surface area contributed by atoms with Crippen LogP contribution in [0.1, 0.15) is 36.1 Å². The fourth-order valence-corrected chi connectivity index (χ4v) is 3.19. The minimum atomic E-state index is -0.628. The van der Waals surface area contributed by atoms with Crippen LogP contribution in [0.3, 0.4) is 0 Å². The Balaban J connectivity index is 2.39. The number of nitrogens with zero attached hydrogens (tertiary/aromatic N) is 2. The molecule has 1 aliphatic heterocycles. The summed E-state index contributed by atoms with van der Waals surface area (Å²) in [5.41, 5.74) is 0.112. The van der Waals surface area contributed by atoms with E-state index in [1.807, 2.05) is 25.7 Å². The van der Waals surface area contributed by atoms with Crippen molar-refractivity contribution in [2.45, 2.75) is 33.2 Å². The Kier molecular flexibility index (Phi) is 3.14. The highest BCUT2D eigenvalue weighted by atomic mass is 32.1. The predicted octanol–water partition coefficient (Wildman–Crippen LogP) is 1.37. The molecule has 1 N–H and O–H groups in total. The Bertz CT molecular complexity index is 507. The highest BCUT2D eigenvalue weighted by molar-refractivity contribution is 7.17. The number of hydrogen-bond donors (Lipinski definition) is 1. The molecule has 1 saturated heterocycles. The Morgan fingerprint density at radius 3 is 2.72 bits per heavy atom. The summed E-state index contributed by atoms with van der Waals surface area (Å²) < 4.78 is 0. The third kappa shape index (κ3) is 2.01. The number of aryl methyl sites for hydroxylation is 1. The zero-order chi connectivity index (χ0) is 13.5. The lowest BCUT2D eigenvalue weighted by Crippen LogP contribution is -2.62. The van der Waals surface area contributed by atoms with Gasteiger partial charge in [0.05, 0.1) is 10.6 Å². The van der Waals surface area contributed by atoms with Gasteiger partial charge in [-0.25, -0.2) is 4.98 Å². The van der Waals surface area contributed by atoms with Gasteiger partial charge < -0.3 is 10.2 Å². The standard InChI is InChI=1S/C12H17N3O2S/c1-7-9(8(2)16)18-11(14-7)15-6-5-13-10(17)12(15,3)4/h5-6H2,1-4H3,(H,13,17). The number of hydrogen-bond acceptors (Lipinski definition) is 5. The molecular formula is C12H17N3O2S. The lowest BCUT2D eigenvalue weighted by atomic mass is 10.00. The van der Waals surface area contributed by atoms with E-state index in [2.05, 4.69) is 10.3 Å². The zero-order valence-corrected chi connectivity index (χ0v) is 11.8. The van der Waals surface area contributed by atoms with Gasteiger partial charge in [0.15, 0.2) is 10.9 Å². The molecule has 18 heavy (non-hydrogen) atoms. The van der Waals surface area contributed by atoms with Crippen LogP contribution < -0.4 is 10.2 Å². The molecular weight excluding hydrogens is 250 g/mol. The summed E-state index contributed by atoms with van der Waals surface area (Å²) in [5.74, 6) is 0.0153. The van der Waals surface area contributed by atoms with Gasteiger partial charge in [0.25, 0.3) is 0 Å². The number of rotatable bonds is 2. The van der Waals surface area contributed by atoms with E-state index < -0.39 is 5.54 Å². The molecule has 5 nitrogen and oxygen atoms in total. The van der Waals surface area contributed by atoms with Crippen LogP contribution >= 0.6 is 11.3 Å². The molecule has 2 rings (SSSR count). The number of amides is 1. The van der Waals surface area contributed by atoms with Gasteiger partial charge in [-0.2, -0.15) is 0 Å². The molecule has 1 aromatic heterocycles. The Morgan fingerprint density at radius 1 is 1.50 bits per heavy atom. The van der Waals surface area contributed by atoms with E-state index in [0.717, 1.165) is 10.8 Å². The molecule has 0 aliphatic carbocycles. The number of carbonyl (C=O) groups is 2. The number of ketones is 1. The Labute approximate surface area is 110 Å². The van der Waals surface area contributed by atoms with Crippen LogP contribution in [-0.4, -0.2) is 35.3 Å². The smallest absolute Gasteiger partial charge is 0.245 e.